The minimum Gasteiger partial charge on any atom is -0.451 e. The highest BCUT2D eigenvalue weighted by atomic mass is 16.5. The summed E-state index contributed by atoms with van der Waals surface area (Å²) in [7, 11) is 0. The van der Waals surface area contributed by atoms with Crippen molar-refractivity contribution in [1.82, 2.24) is 15.0 Å². The first kappa shape index (κ1) is 15.7. The van der Waals surface area contributed by atoms with Crippen molar-refractivity contribution in [3.05, 3.63) is 29.8 Å². The summed E-state index contributed by atoms with van der Waals surface area (Å²) in [5.41, 5.74) is 6.75. The van der Waals surface area contributed by atoms with Crippen molar-refractivity contribution in [2.45, 2.75) is 33.6 Å². The summed E-state index contributed by atoms with van der Waals surface area (Å²) in [5.74, 6) is 2.18. The first-order valence-corrected chi connectivity index (χ1v) is 6.91. The number of ether oxygens (including phenoxy) is 1. The second-order valence-electron chi connectivity index (χ2n) is 5.21. The van der Waals surface area contributed by atoms with Gasteiger partial charge in [-0.2, -0.15) is 0 Å². The molecule has 0 aliphatic rings. The van der Waals surface area contributed by atoms with E-state index >= 15 is 0 Å². The Morgan fingerprint density at radius 3 is 2.59 bits per heavy atom. The van der Waals surface area contributed by atoms with Crippen LogP contribution < -0.4 is 15.8 Å². The Kier molecular flexibility index (Phi) is 4.55. The minimum absolute atomic E-state index is 0.196. The van der Waals surface area contributed by atoms with Gasteiger partial charge in [0.25, 0.3) is 0 Å². The maximum atomic E-state index is 11.2. The lowest BCUT2D eigenvalue weighted by Gasteiger charge is -2.15. The van der Waals surface area contributed by atoms with Crippen molar-refractivity contribution in [2.75, 3.05) is 11.1 Å². The number of hydrogen-bond donors (Lipinski definition) is 2. The number of amides is 1. The zero-order chi connectivity index (χ0) is 16.3. The number of hydrogen-bond acceptors (Lipinski definition) is 6. The first-order valence-electron chi connectivity index (χ1n) is 6.91. The van der Waals surface area contributed by atoms with Gasteiger partial charge in [0.05, 0.1) is 6.20 Å². The van der Waals surface area contributed by atoms with E-state index in [9.17, 15) is 4.79 Å². The molecule has 2 rings (SSSR count). The van der Waals surface area contributed by atoms with E-state index in [1.54, 1.807) is 19.2 Å². The largest absolute Gasteiger partial charge is 0.451 e. The molecule has 2 heterocycles. The van der Waals surface area contributed by atoms with Crippen LogP contribution in [0.2, 0.25) is 0 Å². The van der Waals surface area contributed by atoms with E-state index in [1.807, 2.05) is 13.8 Å². The summed E-state index contributed by atoms with van der Waals surface area (Å²) in [6, 6.07) is 1.66. The Hall–Kier alpha value is -2.70. The van der Waals surface area contributed by atoms with Crippen LogP contribution >= 0.6 is 0 Å². The van der Waals surface area contributed by atoms with Gasteiger partial charge < -0.3 is 15.8 Å². The van der Waals surface area contributed by atoms with E-state index in [2.05, 4.69) is 20.3 Å². The molecule has 22 heavy (non-hydrogen) atoms. The highest BCUT2D eigenvalue weighted by molar-refractivity contribution is 5.87. The smallest absolute Gasteiger partial charge is 0.222 e. The molecule has 1 amide bonds. The minimum atomic E-state index is -0.200. The maximum Gasteiger partial charge on any atom is 0.222 e. The highest BCUT2D eigenvalue weighted by Crippen LogP contribution is 2.33. The van der Waals surface area contributed by atoms with Crippen molar-refractivity contribution in [2.24, 2.45) is 0 Å². The van der Waals surface area contributed by atoms with E-state index in [1.165, 1.54) is 13.1 Å². The lowest BCUT2D eigenvalue weighted by molar-refractivity contribution is -0.114. The number of carbonyl (C=O) groups is 1. The van der Waals surface area contributed by atoms with Gasteiger partial charge in [-0.3, -0.25) is 4.79 Å². The van der Waals surface area contributed by atoms with Gasteiger partial charge in [0.15, 0.2) is 11.6 Å². The van der Waals surface area contributed by atoms with Crippen molar-refractivity contribution in [1.29, 1.82) is 0 Å². The van der Waals surface area contributed by atoms with Crippen LogP contribution in [0.4, 0.5) is 11.6 Å². The molecule has 0 aliphatic heterocycles. The predicted molar refractivity (Wildman–Crippen MR) is 83.9 cm³/mol. The van der Waals surface area contributed by atoms with Gasteiger partial charge in [-0.05, 0) is 12.8 Å². The average molecular weight is 301 g/mol. The normalized spacial score (nSPS) is 10.6. The van der Waals surface area contributed by atoms with Crippen molar-refractivity contribution >= 4 is 17.5 Å². The molecule has 2 aromatic heterocycles. The number of nitrogens with two attached hydrogens (primary N) is 1. The van der Waals surface area contributed by atoms with Crippen LogP contribution in [0, 0.1) is 6.92 Å². The summed E-state index contributed by atoms with van der Waals surface area (Å²) in [4.78, 5) is 23.5. The molecule has 0 saturated carbocycles. The Morgan fingerprint density at radius 1 is 1.27 bits per heavy atom. The average Bonchev–Trinajstić information content (AvgIpc) is 2.41. The number of rotatable bonds is 4. The maximum absolute atomic E-state index is 11.2. The monoisotopic (exact) mass is 301 g/mol. The van der Waals surface area contributed by atoms with E-state index in [-0.39, 0.29) is 17.6 Å². The van der Waals surface area contributed by atoms with Crippen molar-refractivity contribution in [3.8, 4) is 11.5 Å². The molecule has 0 aromatic carbocycles. The van der Waals surface area contributed by atoms with Crippen molar-refractivity contribution in [3.63, 3.8) is 0 Å². The standard InChI is InChI=1S/C15H19N5O2/c1-8(2)11-6-18-14(20-10(4)21)5-12(11)22-13-7-17-9(3)19-15(13)16/h5-8H,1-4H3,(H2,16,17,19)(H,18,20,21). The Morgan fingerprint density at radius 2 is 2.00 bits per heavy atom. The molecule has 0 atom stereocenters. The van der Waals surface area contributed by atoms with Gasteiger partial charge >= 0.3 is 0 Å². The third kappa shape index (κ3) is 3.69. The number of nitrogens with zero attached hydrogens (tertiary/aromatic N) is 3. The second-order valence-corrected chi connectivity index (χ2v) is 5.21. The molecule has 3 N–H and O–H groups in total. The lowest BCUT2D eigenvalue weighted by atomic mass is 10.0. The molecular formula is C15H19N5O2. The number of nitrogen functional groups attached to an aromatic ring is 1. The Bertz CT molecular complexity index is 700. The molecule has 0 unspecified atom stereocenters. The number of aromatic nitrogens is 3. The SMILES string of the molecule is CC(=O)Nc1cc(Oc2cnc(C)nc2N)c(C(C)C)cn1. The van der Waals surface area contributed by atoms with E-state index < -0.39 is 0 Å². The molecule has 0 bridgehead atoms. The molecule has 7 heteroatoms. The topological polar surface area (TPSA) is 103 Å². The van der Waals surface area contributed by atoms with E-state index in [0.717, 1.165) is 5.56 Å². The number of aryl methyl sites for hydroxylation is 1. The van der Waals surface area contributed by atoms with Crippen LogP contribution in [0.1, 0.15) is 38.1 Å². The summed E-state index contributed by atoms with van der Waals surface area (Å²) in [6.45, 7) is 7.22. The summed E-state index contributed by atoms with van der Waals surface area (Å²) >= 11 is 0. The van der Waals surface area contributed by atoms with Gasteiger partial charge in [-0.15, -0.1) is 0 Å². The molecule has 7 nitrogen and oxygen atoms in total. The fraction of sp³-hybridized carbons (Fsp3) is 0.333. The van der Waals surface area contributed by atoms with Crippen molar-refractivity contribution < 1.29 is 9.53 Å². The van der Waals surface area contributed by atoms with Gasteiger partial charge in [0.1, 0.15) is 17.4 Å². The zero-order valence-electron chi connectivity index (χ0n) is 13.0. The second kappa shape index (κ2) is 6.38. The summed E-state index contributed by atoms with van der Waals surface area (Å²) in [5, 5.41) is 2.63. The van der Waals surface area contributed by atoms with Crippen LogP contribution in [0.5, 0.6) is 11.5 Å². The number of anilines is 2. The zero-order valence-corrected chi connectivity index (χ0v) is 13.0. The van der Waals surface area contributed by atoms with Crippen LogP contribution in [0.3, 0.4) is 0 Å². The molecule has 2 aromatic rings. The molecule has 0 saturated heterocycles. The predicted octanol–water partition coefficient (Wildman–Crippen LogP) is 2.64. The fourth-order valence-corrected chi connectivity index (χ4v) is 1.89. The molecule has 0 aliphatic carbocycles. The summed E-state index contributed by atoms with van der Waals surface area (Å²) < 4.78 is 5.84. The van der Waals surface area contributed by atoms with Gasteiger partial charge in [-0.25, -0.2) is 15.0 Å². The van der Waals surface area contributed by atoms with Crippen LogP contribution in [-0.2, 0) is 4.79 Å². The Labute approximate surface area is 129 Å². The van der Waals surface area contributed by atoms with Gasteiger partial charge in [0.2, 0.25) is 5.91 Å². The quantitative estimate of drug-likeness (QED) is 0.899. The molecule has 0 spiro atoms. The fourth-order valence-electron chi connectivity index (χ4n) is 1.89. The van der Waals surface area contributed by atoms with Gasteiger partial charge in [-0.1, -0.05) is 13.8 Å². The number of pyridine rings is 1. The van der Waals surface area contributed by atoms with Crippen LogP contribution in [0.15, 0.2) is 18.5 Å². The first-order chi connectivity index (χ1) is 10.4. The Balaban J connectivity index is 2.39. The third-order valence-corrected chi connectivity index (χ3v) is 2.94. The summed E-state index contributed by atoms with van der Waals surface area (Å²) in [6.07, 6.45) is 3.21. The van der Waals surface area contributed by atoms with E-state index in [4.69, 9.17) is 10.5 Å². The van der Waals surface area contributed by atoms with Gasteiger partial charge in [0, 0.05) is 24.8 Å². The third-order valence-electron chi connectivity index (χ3n) is 2.94. The number of carbonyl (C=O) groups excluding carboxylic acids is 1. The van der Waals surface area contributed by atoms with E-state index in [0.29, 0.717) is 23.1 Å². The molecule has 0 fully saturated rings. The van der Waals surface area contributed by atoms with Crippen LogP contribution in [0.25, 0.3) is 0 Å². The highest BCUT2D eigenvalue weighted by Gasteiger charge is 2.14. The lowest BCUT2D eigenvalue weighted by Crippen LogP contribution is -2.08. The number of nitrogens with one attached hydrogen (secondary N) is 1. The molecule has 0 radical (unpaired) electrons. The van der Waals surface area contributed by atoms with Crippen LogP contribution in [-0.4, -0.2) is 20.9 Å². The molecule has 116 valence electrons. The molecular weight excluding hydrogens is 282 g/mol.